The molecule has 0 aliphatic rings. The first-order valence-electron chi connectivity index (χ1n) is 2.83. The van der Waals surface area contributed by atoms with E-state index in [4.69, 9.17) is 8.92 Å². The van der Waals surface area contributed by atoms with Crippen molar-refractivity contribution in [3.8, 4) is 11.5 Å². The van der Waals surface area contributed by atoms with Crippen molar-refractivity contribution in [2.24, 2.45) is 0 Å². The monoisotopic (exact) mass is 156 g/mol. The molecule has 1 rings (SSSR count). The topological polar surface area (TPSA) is 18.5 Å². The lowest BCUT2D eigenvalue weighted by molar-refractivity contribution is 0.400. The summed E-state index contributed by atoms with van der Waals surface area (Å²) in [6, 6.07) is 7.32. The van der Waals surface area contributed by atoms with Crippen molar-refractivity contribution >= 4 is 12.9 Å². The maximum atomic E-state index is 4.96. The Morgan fingerprint density at radius 1 is 1.20 bits per heavy atom. The van der Waals surface area contributed by atoms with Crippen molar-refractivity contribution in [2.75, 3.05) is 7.11 Å². The Kier molecular flexibility index (Phi) is 2.45. The van der Waals surface area contributed by atoms with E-state index in [-0.39, 0.29) is 0 Å². The van der Waals surface area contributed by atoms with E-state index in [2.05, 4.69) is 12.9 Å². The van der Waals surface area contributed by atoms with E-state index in [0.29, 0.717) is 11.5 Å². The molecule has 3 heteroatoms. The number of rotatable bonds is 2. The molecule has 0 atom stereocenters. The summed E-state index contributed by atoms with van der Waals surface area (Å²) in [6.45, 7) is 0. The molecule has 1 aromatic rings. The maximum absolute atomic E-state index is 4.96. The number of hydrogen-bond donors (Lipinski definition) is 1. The first-order chi connectivity index (χ1) is 4.88. The van der Waals surface area contributed by atoms with Crippen LogP contribution in [0.15, 0.2) is 24.3 Å². The fraction of sp³-hybridized carbons (Fsp3) is 0.143. The lowest BCUT2D eigenvalue weighted by Crippen LogP contribution is -1.84. The molecule has 0 spiro atoms. The Hall–Kier alpha value is -0.830. The molecule has 54 valence electrons. The minimum absolute atomic E-state index is 0.633. The van der Waals surface area contributed by atoms with Crippen molar-refractivity contribution < 1.29 is 8.92 Å². The summed E-state index contributed by atoms with van der Waals surface area (Å²) in [7, 11) is 1.59. The molecule has 0 saturated heterocycles. The smallest absolute Gasteiger partial charge is 0.178 e. The fourth-order valence-electron chi connectivity index (χ4n) is 0.694. The highest BCUT2D eigenvalue weighted by Crippen LogP contribution is 2.26. The van der Waals surface area contributed by atoms with E-state index >= 15 is 0 Å². The summed E-state index contributed by atoms with van der Waals surface area (Å²) in [5.41, 5.74) is 0. The first kappa shape index (κ1) is 7.28. The average molecular weight is 156 g/mol. The molecule has 0 unspecified atom stereocenters. The minimum atomic E-state index is 0.633. The second-order valence-corrected chi connectivity index (χ2v) is 1.92. The van der Waals surface area contributed by atoms with Gasteiger partial charge in [-0.2, -0.15) is 0 Å². The highest BCUT2D eigenvalue weighted by Gasteiger charge is 1.98. The molecule has 0 amide bonds. The average Bonchev–Trinajstić information content (AvgIpc) is 2.04. The molecule has 1 aromatic carbocycles. The number of benzene rings is 1. The van der Waals surface area contributed by atoms with Crippen LogP contribution in [0.3, 0.4) is 0 Å². The van der Waals surface area contributed by atoms with Gasteiger partial charge in [-0.25, -0.2) is 0 Å². The highest BCUT2D eigenvalue weighted by atomic mass is 32.1. The van der Waals surface area contributed by atoms with Crippen LogP contribution in [0.5, 0.6) is 11.5 Å². The van der Waals surface area contributed by atoms with Crippen molar-refractivity contribution in [2.45, 2.75) is 0 Å². The Balaban J connectivity index is 2.96. The zero-order valence-electron chi connectivity index (χ0n) is 5.57. The van der Waals surface area contributed by atoms with Crippen LogP contribution in [0.1, 0.15) is 0 Å². The van der Waals surface area contributed by atoms with Crippen molar-refractivity contribution in [3.05, 3.63) is 24.3 Å². The fourth-order valence-corrected chi connectivity index (χ4v) is 0.845. The van der Waals surface area contributed by atoms with Gasteiger partial charge in [0.25, 0.3) is 0 Å². The molecule has 0 fully saturated rings. The molecule has 0 aliphatic carbocycles. The van der Waals surface area contributed by atoms with E-state index in [1.165, 1.54) is 0 Å². The van der Waals surface area contributed by atoms with Crippen LogP contribution in [0, 0.1) is 0 Å². The predicted octanol–water partition coefficient (Wildman–Crippen LogP) is 1.92. The van der Waals surface area contributed by atoms with Crippen molar-refractivity contribution in [1.82, 2.24) is 0 Å². The largest absolute Gasteiger partial charge is 0.493 e. The quantitative estimate of drug-likeness (QED) is 0.521. The van der Waals surface area contributed by atoms with Crippen LogP contribution in [0.25, 0.3) is 0 Å². The second kappa shape index (κ2) is 3.37. The summed E-state index contributed by atoms with van der Waals surface area (Å²) < 4.78 is 9.67. The van der Waals surface area contributed by atoms with Gasteiger partial charge in [0, 0.05) is 12.9 Å². The number of para-hydroxylation sites is 2. The van der Waals surface area contributed by atoms with Gasteiger partial charge in [-0.05, 0) is 12.1 Å². The second-order valence-electron chi connectivity index (χ2n) is 1.74. The maximum Gasteiger partial charge on any atom is 0.178 e. The SMILES string of the molecule is COc1ccccc1OS. The molecule has 0 N–H and O–H groups in total. The molecule has 0 saturated carbocycles. The Bertz CT molecular complexity index is 190. The van der Waals surface area contributed by atoms with Gasteiger partial charge in [0.1, 0.15) is 0 Å². The molecular weight excluding hydrogens is 148 g/mol. The molecule has 0 bridgehead atoms. The van der Waals surface area contributed by atoms with Gasteiger partial charge < -0.3 is 8.92 Å². The zero-order chi connectivity index (χ0) is 7.40. The summed E-state index contributed by atoms with van der Waals surface area (Å²) in [4.78, 5) is 0. The van der Waals surface area contributed by atoms with Crippen LogP contribution < -0.4 is 8.92 Å². The van der Waals surface area contributed by atoms with Crippen LogP contribution in [0.4, 0.5) is 0 Å². The summed E-state index contributed by atoms with van der Waals surface area (Å²) >= 11 is 3.65. The Labute approximate surface area is 65.4 Å². The van der Waals surface area contributed by atoms with Crippen molar-refractivity contribution in [1.29, 1.82) is 0 Å². The molecule has 0 radical (unpaired) electrons. The van der Waals surface area contributed by atoms with E-state index < -0.39 is 0 Å². The number of thiol groups is 1. The van der Waals surface area contributed by atoms with E-state index in [1.807, 2.05) is 18.2 Å². The van der Waals surface area contributed by atoms with Crippen LogP contribution >= 0.6 is 12.9 Å². The number of hydrogen-bond acceptors (Lipinski definition) is 3. The van der Waals surface area contributed by atoms with E-state index in [9.17, 15) is 0 Å². The van der Waals surface area contributed by atoms with Crippen LogP contribution in [0.2, 0.25) is 0 Å². The lowest BCUT2D eigenvalue weighted by atomic mass is 10.3. The molecule has 2 nitrogen and oxygen atoms in total. The first-order valence-corrected chi connectivity index (χ1v) is 3.19. The minimum Gasteiger partial charge on any atom is -0.493 e. The van der Waals surface area contributed by atoms with Crippen LogP contribution in [-0.2, 0) is 0 Å². The third-order valence-electron chi connectivity index (χ3n) is 1.17. The van der Waals surface area contributed by atoms with Gasteiger partial charge in [-0.1, -0.05) is 12.1 Å². The third-order valence-corrected chi connectivity index (χ3v) is 1.36. The third kappa shape index (κ3) is 1.36. The Morgan fingerprint density at radius 3 is 2.20 bits per heavy atom. The van der Waals surface area contributed by atoms with Crippen LogP contribution in [-0.4, -0.2) is 7.11 Å². The van der Waals surface area contributed by atoms with Gasteiger partial charge in [-0.3, -0.25) is 0 Å². The van der Waals surface area contributed by atoms with Crippen molar-refractivity contribution in [3.63, 3.8) is 0 Å². The summed E-state index contributed by atoms with van der Waals surface area (Å²) in [5, 5.41) is 0. The normalized spacial score (nSPS) is 9.00. The highest BCUT2D eigenvalue weighted by molar-refractivity contribution is 7.75. The van der Waals surface area contributed by atoms with E-state index in [1.54, 1.807) is 13.2 Å². The number of ether oxygens (including phenoxy) is 1. The van der Waals surface area contributed by atoms with Gasteiger partial charge in [0.05, 0.1) is 7.11 Å². The molecule has 0 aliphatic heterocycles. The lowest BCUT2D eigenvalue weighted by Gasteiger charge is -2.03. The van der Waals surface area contributed by atoms with Gasteiger partial charge in [0.15, 0.2) is 11.5 Å². The predicted molar refractivity (Wildman–Crippen MR) is 42.6 cm³/mol. The van der Waals surface area contributed by atoms with Gasteiger partial charge >= 0.3 is 0 Å². The molecule has 0 aromatic heterocycles. The Morgan fingerprint density at radius 2 is 1.80 bits per heavy atom. The molecular formula is C7H8O2S. The summed E-state index contributed by atoms with van der Waals surface area (Å²) in [6.07, 6.45) is 0. The molecule has 0 heterocycles. The summed E-state index contributed by atoms with van der Waals surface area (Å²) in [5.74, 6) is 1.32. The van der Waals surface area contributed by atoms with Gasteiger partial charge in [-0.15, -0.1) is 0 Å². The zero-order valence-corrected chi connectivity index (χ0v) is 6.47. The molecule has 10 heavy (non-hydrogen) atoms. The van der Waals surface area contributed by atoms with E-state index in [0.717, 1.165) is 0 Å². The standard InChI is InChI=1S/C7H8O2S/c1-8-6-4-2-3-5-7(6)9-10/h2-5,10H,1H3. The number of methoxy groups -OCH3 is 1. The van der Waals surface area contributed by atoms with Gasteiger partial charge in [0.2, 0.25) is 0 Å².